The minimum Gasteiger partial charge on any atom is -0.353 e. The van der Waals surface area contributed by atoms with Crippen LogP contribution in [0.4, 0.5) is 0 Å². The number of likely N-dealkylation sites (tertiary alicyclic amines) is 1. The van der Waals surface area contributed by atoms with Gasteiger partial charge in [0.15, 0.2) is 0 Å². The molecule has 1 aliphatic carbocycles. The molecule has 0 spiro atoms. The van der Waals surface area contributed by atoms with E-state index in [4.69, 9.17) is 0 Å². The van der Waals surface area contributed by atoms with E-state index in [0.29, 0.717) is 6.04 Å². The van der Waals surface area contributed by atoms with Crippen molar-refractivity contribution in [3.63, 3.8) is 0 Å². The summed E-state index contributed by atoms with van der Waals surface area (Å²) in [7, 11) is 0. The Morgan fingerprint density at radius 3 is 2.00 bits per heavy atom. The molecule has 2 rings (SSSR count). The van der Waals surface area contributed by atoms with Crippen LogP contribution in [-0.4, -0.2) is 35.8 Å². The van der Waals surface area contributed by atoms with E-state index >= 15 is 0 Å². The lowest BCUT2D eigenvalue weighted by Crippen LogP contribution is -2.45. The van der Waals surface area contributed by atoms with Crippen molar-refractivity contribution in [2.75, 3.05) is 13.1 Å². The lowest BCUT2D eigenvalue weighted by molar-refractivity contribution is -0.134. The normalized spacial score (nSPS) is 22.9. The van der Waals surface area contributed by atoms with Gasteiger partial charge < -0.3 is 10.2 Å². The van der Waals surface area contributed by atoms with Gasteiger partial charge in [0.1, 0.15) is 0 Å². The fraction of sp³-hybridized carbons (Fsp3) is 0.875. The molecule has 0 bridgehead atoms. The van der Waals surface area contributed by atoms with E-state index in [1.165, 1.54) is 32.1 Å². The first kappa shape index (κ1) is 15.3. The molecule has 0 unspecified atom stereocenters. The summed E-state index contributed by atoms with van der Waals surface area (Å²) >= 11 is 0. The van der Waals surface area contributed by atoms with E-state index < -0.39 is 0 Å². The van der Waals surface area contributed by atoms with Crippen molar-refractivity contribution in [3.8, 4) is 0 Å². The van der Waals surface area contributed by atoms with Crippen molar-refractivity contribution in [2.45, 2.75) is 70.8 Å². The third kappa shape index (κ3) is 4.50. The van der Waals surface area contributed by atoms with Gasteiger partial charge in [-0.3, -0.25) is 9.59 Å². The fourth-order valence-electron chi connectivity index (χ4n) is 3.38. The van der Waals surface area contributed by atoms with Gasteiger partial charge in [-0.2, -0.15) is 0 Å². The second-order valence-corrected chi connectivity index (χ2v) is 6.33. The van der Waals surface area contributed by atoms with Crippen LogP contribution in [0.15, 0.2) is 0 Å². The van der Waals surface area contributed by atoms with E-state index in [-0.39, 0.29) is 17.7 Å². The van der Waals surface area contributed by atoms with Crippen LogP contribution in [0.5, 0.6) is 0 Å². The molecule has 1 heterocycles. The predicted molar refractivity (Wildman–Crippen MR) is 79.2 cm³/mol. The Morgan fingerprint density at radius 1 is 0.900 bits per heavy atom. The number of carbonyl (C=O) groups excluding carboxylic acids is 2. The molecule has 1 saturated carbocycles. The van der Waals surface area contributed by atoms with E-state index in [1.807, 2.05) is 4.90 Å². The molecule has 2 aliphatic rings. The highest BCUT2D eigenvalue weighted by molar-refractivity contribution is 5.79. The van der Waals surface area contributed by atoms with Crippen LogP contribution in [0.1, 0.15) is 64.7 Å². The SMILES string of the molecule is CC(=O)N1CCC(C(=O)NC2CCCCCCC2)CC1. The third-order valence-corrected chi connectivity index (χ3v) is 4.76. The molecule has 4 nitrogen and oxygen atoms in total. The first-order valence-corrected chi connectivity index (χ1v) is 8.22. The molecule has 20 heavy (non-hydrogen) atoms. The molecule has 0 aromatic carbocycles. The molecule has 2 amide bonds. The summed E-state index contributed by atoms with van der Waals surface area (Å²) in [5, 5.41) is 3.26. The Bertz CT molecular complexity index is 327. The largest absolute Gasteiger partial charge is 0.353 e. The maximum Gasteiger partial charge on any atom is 0.223 e. The lowest BCUT2D eigenvalue weighted by atomic mass is 9.93. The van der Waals surface area contributed by atoms with Gasteiger partial charge in [0.2, 0.25) is 11.8 Å². The average Bonchev–Trinajstić information content (AvgIpc) is 2.41. The molecule has 1 saturated heterocycles. The van der Waals surface area contributed by atoms with Crippen molar-refractivity contribution < 1.29 is 9.59 Å². The molecule has 1 aliphatic heterocycles. The van der Waals surface area contributed by atoms with E-state index in [0.717, 1.165) is 38.8 Å². The number of amides is 2. The summed E-state index contributed by atoms with van der Waals surface area (Å²) in [6.45, 7) is 3.07. The molecule has 4 heteroatoms. The molecule has 0 aromatic heterocycles. The number of hydrogen-bond acceptors (Lipinski definition) is 2. The summed E-state index contributed by atoms with van der Waals surface area (Å²) in [5.41, 5.74) is 0. The Hall–Kier alpha value is -1.06. The number of hydrogen-bond donors (Lipinski definition) is 1. The maximum absolute atomic E-state index is 12.3. The topological polar surface area (TPSA) is 49.4 Å². The summed E-state index contributed by atoms with van der Waals surface area (Å²) < 4.78 is 0. The van der Waals surface area contributed by atoms with Crippen LogP contribution in [0.2, 0.25) is 0 Å². The molecule has 0 radical (unpaired) electrons. The van der Waals surface area contributed by atoms with Crippen molar-refractivity contribution in [1.82, 2.24) is 10.2 Å². The fourth-order valence-corrected chi connectivity index (χ4v) is 3.38. The maximum atomic E-state index is 12.3. The Balaban J connectivity index is 1.75. The number of nitrogens with one attached hydrogen (secondary N) is 1. The molecule has 2 fully saturated rings. The van der Waals surface area contributed by atoms with Gasteiger partial charge in [0.25, 0.3) is 0 Å². The summed E-state index contributed by atoms with van der Waals surface area (Å²) in [6.07, 6.45) is 10.4. The third-order valence-electron chi connectivity index (χ3n) is 4.76. The number of piperidine rings is 1. The number of nitrogens with zero attached hydrogens (tertiary/aromatic N) is 1. The molecule has 114 valence electrons. The highest BCUT2D eigenvalue weighted by Gasteiger charge is 2.27. The molecular formula is C16H28N2O2. The van der Waals surface area contributed by atoms with Crippen LogP contribution in [0.25, 0.3) is 0 Å². The number of rotatable bonds is 2. The van der Waals surface area contributed by atoms with Crippen LogP contribution in [0.3, 0.4) is 0 Å². The zero-order valence-corrected chi connectivity index (χ0v) is 12.7. The van der Waals surface area contributed by atoms with Crippen molar-refractivity contribution in [3.05, 3.63) is 0 Å². The quantitative estimate of drug-likeness (QED) is 0.845. The van der Waals surface area contributed by atoms with Gasteiger partial charge in [-0.25, -0.2) is 0 Å². The zero-order chi connectivity index (χ0) is 14.4. The van der Waals surface area contributed by atoms with Gasteiger partial charge in [0, 0.05) is 32.0 Å². The van der Waals surface area contributed by atoms with E-state index in [9.17, 15) is 9.59 Å². The monoisotopic (exact) mass is 280 g/mol. The first-order chi connectivity index (χ1) is 9.66. The number of carbonyl (C=O) groups is 2. The second-order valence-electron chi connectivity index (χ2n) is 6.33. The van der Waals surface area contributed by atoms with E-state index in [1.54, 1.807) is 6.92 Å². The molecule has 1 N–H and O–H groups in total. The highest BCUT2D eigenvalue weighted by Crippen LogP contribution is 2.20. The first-order valence-electron chi connectivity index (χ1n) is 8.22. The average molecular weight is 280 g/mol. The smallest absolute Gasteiger partial charge is 0.223 e. The minimum absolute atomic E-state index is 0.107. The Morgan fingerprint density at radius 2 is 1.45 bits per heavy atom. The summed E-state index contributed by atoms with van der Waals surface area (Å²) in [4.78, 5) is 25.5. The predicted octanol–water partition coefficient (Wildman–Crippen LogP) is 2.47. The van der Waals surface area contributed by atoms with Crippen molar-refractivity contribution in [2.24, 2.45) is 5.92 Å². The molecular weight excluding hydrogens is 252 g/mol. The molecule has 0 atom stereocenters. The summed E-state index contributed by atoms with van der Waals surface area (Å²) in [5.74, 6) is 0.457. The van der Waals surface area contributed by atoms with Gasteiger partial charge in [-0.15, -0.1) is 0 Å². The van der Waals surface area contributed by atoms with Crippen molar-refractivity contribution in [1.29, 1.82) is 0 Å². The van der Waals surface area contributed by atoms with Crippen molar-refractivity contribution >= 4 is 11.8 Å². The van der Waals surface area contributed by atoms with Gasteiger partial charge in [0.05, 0.1) is 0 Å². The van der Waals surface area contributed by atoms with Gasteiger partial charge >= 0.3 is 0 Å². The van der Waals surface area contributed by atoms with E-state index in [2.05, 4.69) is 5.32 Å². The standard InChI is InChI=1S/C16H28N2O2/c1-13(19)18-11-9-14(10-12-18)16(20)17-15-7-5-3-2-4-6-8-15/h14-15H,2-12H2,1H3,(H,17,20). The molecule has 0 aromatic rings. The Kier molecular flexibility index (Phi) is 5.86. The zero-order valence-electron chi connectivity index (χ0n) is 12.7. The lowest BCUT2D eigenvalue weighted by Gasteiger charge is -2.31. The van der Waals surface area contributed by atoms with Gasteiger partial charge in [-0.05, 0) is 25.7 Å². The second kappa shape index (κ2) is 7.65. The minimum atomic E-state index is 0.107. The van der Waals surface area contributed by atoms with Crippen LogP contribution >= 0.6 is 0 Å². The van der Waals surface area contributed by atoms with Crippen LogP contribution in [-0.2, 0) is 9.59 Å². The van der Waals surface area contributed by atoms with Crippen LogP contribution < -0.4 is 5.32 Å². The summed E-state index contributed by atoms with van der Waals surface area (Å²) in [6, 6.07) is 0.383. The van der Waals surface area contributed by atoms with Gasteiger partial charge in [-0.1, -0.05) is 32.1 Å². The Labute approximate surface area is 122 Å². The van der Waals surface area contributed by atoms with Crippen LogP contribution in [0, 0.1) is 5.92 Å². The highest BCUT2D eigenvalue weighted by atomic mass is 16.2.